The Hall–Kier alpha value is -2.98. The summed E-state index contributed by atoms with van der Waals surface area (Å²) in [5.41, 5.74) is 2.11. The van der Waals surface area contributed by atoms with Crippen molar-refractivity contribution in [2.45, 2.75) is 11.8 Å². The fourth-order valence-corrected chi connectivity index (χ4v) is 4.53. The van der Waals surface area contributed by atoms with Gasteiger partial charge < -0.3 is 19.0 Å². The number of halogens is 3. The van der Waals surface area contributed by atoms with E-state index in [1.165, 1.54) is 13.2 Å². The average molecular weight is 608 g/mol. The number of ether oxygens (including phenoxy) is 2. The van der Waals surface area contributed by atoms with Crippen LogP contribution in [0.2, 0.25) is 10.0 Å². The zero-order valence-electron chi connectivity index (χ0n) is 18.6. The molecular formula is C25H17BrCl2N2O5S. The molecule has 0 spiro atoms. The van der Waals surface area contributed by atoms with Crippen molar-refractivity contribution in [1.29, 1.82) is 0 Å². The molecule has 3 aromatic carbocycles. The molecule has 0 amide bonds. The predicted octanol–water partition coefficient (Wildman–Crippen LogP) is 7.61. The minimum atomic E-state index is -1.14. The maximum absolute atomic E-state index is 11.9. The predicted molar refractivity (Wildman–Crippen MR) is 143 cm³/mol. The monoisotopic (exact) mass is 606 g/mol. The molecule has 1 aromatic heterocycles. The van der Waals surface area contributed by atoms with E-state index in [9.17, 15) is 9.90 Å². The summed E-state index contributed by atoms with van der Waals surface area (Å²) in [6.45, 7) is 0.359. The standard InChI is InChI=1S/C25H17BrCl2N2O5S/c1-33-20-9-7-17(28)12-18(20)23-29-30-25(35-23)36-22(24(31)32)11-15-4-8-21(19(26)10-15)34-13-14-2-5-16(27)6-3-14/h2-12H,13H2,1H3,(H,31,32)/b22-11-. The summed E-state index contributed by atoms with van der Waals surface area (Å²) in [7, 11) is 1.51. The van der Waals surface area contributed by atoms with Crippen molar-refractivity contribution in [3.05, 3.63) is 91.2 Å². The molecule has 4 rings (SSSR count). The van der Waals surface area contributed by atoms with Gasteiger partial charge in [0.15, 0.2) is 0 Å². The van der Waals surface area contributed by atoms with Crippen LogP contribution in [0.1, 0.15) is 11.1 Å². The lowest BCUT2D eigenvalue weighted by Gasteiger charge is -2.09. The molecule has 1 N–H and O–H groups in total. The van der Waals surface area contributed by atoms with Crippen LogP contribution in [0.3, 0.4) is 0 Å². The maximum atomic E-state index is 11.9. The summed E-state index contributed by atoms with van der Waals surface area (Å²) in [5, 5.41) is 18.9. The molecule has 36 heavy (non-hydrogen) atoms. The second-order valence-corrected chi connectivity index (χ2v) is 9.96. The number of carboxylic acids is 1. The highest BCUT2D eigenvalue weighted by atomic mass is 79.9. The molecule has 0 saturated carbocycles. The molecule has 0 radical (unpaired) electrons. The number of rotatable bonds is 9. The maximum Gasteiger partial charge on any atom is 0.342 e. The molecule has 0 saturated heterocycles. The van der Waals surface area contributed by atoms with E-state index < -0.39 is 5.97 Å². The van der Waals surface area contributed by atoms with Gasteiger partial charge in [-0.05, 0) is 87.4 Å². The molecule has 7 nitrogen and oxygen atoms in total. The molecule has 0 atom stereocenters. The first-order valence-corrected chi connectivity index (χ1v) is 12.7. The third kappa shape index (κ3) is 6.61. The van der Waals surface area contributed by atoms with Crippen LogP contribution in [0.4, 0.5) is 0 Å². The van der Waals surface area contributed by atoms with E-state index in [1.807, 2.05) is 12.1 Å². The SMILES string of the molecule is COc1ccc(Cl)cc1-c1nnc(S/C(=C\c2ccc(OCc3ccc(Cl)cc3)c(Br)c2)C(=O)O)o1. The third-order valence-electron chi connectivity index (χ3n) is 4.77. The topological polar surface area (TPSA) is 94.7 Å². The van der Waals surface area contributed by atoms with Crippen molar-refractivity contribution in [2.24, 2.45) is 0 Å². The zero-order valence-corrected chi connectivity index (χ0v) is 22.5. The van der Waals surface area contributed by atoms with E-state index >= 15 is 0 Å². The lowest BCUT2D eigenvalue weighted by molar-refractivity contribution is -0.131. The van der Waals surface area contributed by atoms with Crippen LogP contribution >= 0.6 is 50.9 Å². The Kier molecular flexibility index (Phi) is 8.58. The van der Waals surface area contributed by atoms with Crippen LogP contribution in [0.25, 0.3) is 17.5 Å². The normalized spacial score (nSPS) is 11.4. The number of aliphatic carboxylic acids is 1. The molecule has 0 aliphatic rings. The second kappa shape index (κ2) is 11.8. The largest absolute Gasteiger partial charge is 0.496 e. The van der Waals surface area contributed by atoms with Gasteiger partial charge in [0.2, 0.25) is 0 Å². The van der Waals surface area contributed by atoms with Gasteiger partial charge >= 0.3 is 5.97 Å². The fraction of sp³-hybridized carbons (Fsp3) is 0.0800. The van der Waals surface area contributed by atoms with E-state index in [0.717, 1.165) is 17.3 Å². The quantitative estimate of drug-likeness (QED) is 0.153. The average Bonchev–Trinajstić information content (AvgIpc) is 3.32. The van der Waals surface area contributed by atoms with Gasteiger partial charge in [-0.2, -0.15) is 0 Å². The number of benzene rings is 3. The second-order valence-electron chi connectivity index (χ2n) is 7.24. The number of thioether (sulfide) groups is 1. The molecular weight excluding hydrogens is 591 g/mol. The van der Waals surface area contributed by atoms with Crippen molar-refractivity contribution in [2.75, 3.05) is 7.11 Å². The Bertz CT molecular complexity index is 1430. The van der Waals surface area contributed by atoms with E-state index in [-0.39, 0.29) is 16.0 Å². The van der Waals surface area contributed by atoms with Gasteiger partial charge in [0.05, 0.1) is 17.1 Å². The Morgan fingerprint density at radius 1 is 1.06 bits per heavy atom. The molecule has 0 aliphatic carbocycles. The fourth-order valence-electron chi connectivity index (χ4n) is 3.05. The summed E-state index contributed by atoms with van der Waals surface area (Å²) in [6, 6.07) is 17.6. The summed E-state index contributed by atoms with van der Waals surface area (Å²) in [4.78, 5) is 11.9. The minimum Gasteiger partial charge on any atom is -0.496 e. The van der Waals surface area contributed by atoms with E-state index in [4.69, 9.17) is 37.1 Å². The Labute approximate surface area is 229 Å². The first-order valence-electron chi connectivity index (χ1n) is 10.3. The van der Waals surface area contributed by atoms with Gasteiger partial charge in [-0.1, -0.05) is 41.4 Å². The van der Waals surface area contributed by atoms with Crippen LogP contribution in [0, 0.1) is 0 Å². The Balaban J connectivity index is 1.50. The summed E-state index contributed by atoms with van der Waals surface area (Å²) < 4.78 is 17.5. The summed E-state index contributed by atoms with van der Waals surface area (Å²) >= 11 is 16.3. The van der Waals surface area contributed by atoms with Crippen LogP contribution in [-0.4, -0.2) is 28.4 Å². The number of hydrogen-bond acceptors (Lipinski definition) is 7. The van der Waals surface area contributed by atoms with Crippen LogP contribution < -0.4 is 9.47 Å². The highest BCUT2D eigenvalue weighted by Gasteiger charge is 2.18. The third-order valence-corrected chi connectivity index (χ3v) is 6.73. The number of carboxylic acid groups (broad SMARTS) is 1. The van der Waals surface area contributed by atoms with Gasteiger partial charge in [0.1, 0.15) is 23.0 Å². The molecule has 1 heterocycles. The van der Waals surface area contributed by atoms with E-state index in [0.29, 0.717) is 43.8 Å². The van der Waals surface area contributed by atoms with Crippen LogP contribution in [0.15, 0.2) is 79.7 Å². The molecule has 0 bridgehead atoms. The van der Waals surface area contributed by atoms with Crippen molar-refractivity contribution < 1.29 is 23.8 Å². The number of nitrogens with zero attached hydrogens (tertiary/aromatic N) is 2. The van der Waals surface area contributed by atoms with Crippen molar-refractivity contribution in [3.8, 4) is 23.0 Å². The van der Waals surface area contributed by atoms with Crippen LogP contribution in [0.5, 0.6) is 11.5 Å². The van der Waals surface area contributed by atoms with Crippen molar-refractivity contribution in [1.82, 2.24) is 10.2 Å². The number of aromatic nitrogens is 2. The van der Waals surface area contributed by atoms with Crippen molar-refractivity contribution >= 4 is 62.9 Å². The van der Waals surface area contributed by atoms with Gasteiger partial charge in [-0.25, -0.2) is 4.79 Å². The molecule has 0 unspecified atom stereocenters. The summed E-state index contributed by atoms with van der Waals surface area (Å²) in [6.07, 6.45) is 1.50. The first-order chi connectivity index (χ1) is 17.3. The highest BCUT2D eigenvalue weighted by Crippen LogP contribution is 2.35. The smallest absolute Gasteiger partial charge is 0.342 e. The molecule has 184 valence electrons. The van der Waals surface area contributed by atoms with E-state index in [1.54, 1.807) is 48.5 Å². The van der Waals surface area contributed by atoms with Crippen LogP contribution in [-0.2, 0) is 11.4 Å². The van der Waals surface area contributed by atoms with Crippen molar-refractivity contribution in [3.63, 3.8) is 0 Å². The zero-order chi connectivity index (χ0) is 25.7. The van der Waals surface area contributed by atoms with Gasteiger partial charge in [0.25, 0.3) is 11.1 Å². The molecule has 0 aliphatic heterocycles. The lowest BCUT2D eigenvalue weighted by Crippen LogP contribution is -1.98. The number of carbonyl (C=O) groups is 1. The highest BCUT2D eigenvalue weighted by molar-refractivity contribution is 9.10. The minimum absolute atomic E-state index is 0.00927. The van der Waals surface area contributed by atoms with Gasteiger partial charge in [0, 0.05) is 10.0 Å². The molecule has 11 heteroatoms. The Morgan fingerprint density at radius 2 is 1.78 bits per heavy atom. The lowest BCUT2D eigenvalue weighted by atomic mass is 10.2. The van der Waals surface area contributed by atoms with Gasteiger partial charge in [-0.15, -0.1) is 10.2 Å². The van der Waals surface area contributed by atoms with Gasteiger partial charge in [-0.3, -0.25) is 0 Å². The molecule has 0 fully saturated rings. The summed E-state index contributed by atoms with van der Waals surface area (Å²) in [5.74, 6) is 0.131. The Morgan fingerprint density at radius 3 is 2.47 bits per heavy atom. The first kappa shape index (κ1) is 26.1. The number of hydrogen-bond donors (Lipinski definition) is 1. The van der Waals surface area contributed by atoms with E-state index in [2.05, 4.69) is 26.1 Å². The number of methoxy groups -OCH3 is 1. The molecule has 4 aromatic rings.